The predicted octanol–water partition coefficient (Wildman–Crippen LogP) is -1.04. The first-order chi connectivity index (χ1) is 5.04. The summed E-state index contributed by atoms with van der Waals surface area (Å²) in [7, 11) is 1.40. The molecule has 0 aliphatic heterocycles. The van der Waals surface area contributed by atoms with E-state index in [1.807, 2.05) is 0 Å². The van der Waals surface area contributed by atoms with Crippen LogP contribution in [0.5, 0.6) is 0 Å². The van der Waals surface area contributed by atoms with E-state index in [-0.39, 0.29) is 30.9 Å². The van der Waals surface area contributed by atoms with Gasteiger partial charge in [-0.1, -0.05) is 0 Å². The largest absolute Gasteiger partial charge is 0.385 e. The number of rotatable bonds is 0. The summed E-state index contributed by atoms with van der Waals surface area (Å²) in [6.45, 7) is 1.56. The summed E-state index contributed by atoms with van der Waals surface area (Å²) in [5.41, 5.74) is 4.85. The van der Waals surface area contributed by atoms with Gasteiger partial charge in [-0.2, -0.15) is 0 Å². The maximum Gasteiger partial charge on any atom is 0.329 e. The van der Waals surface area contributed by atoms with Gasteiger partial charge in [0.2, 0.25) is 0 Å². The minimum Gasteiger partial charge on any atom is -0.385 e. The van der Waals surface area contributed by atoms with E-state index in [0.29, 0.717) is 5.56 Å². The van der Waals surface area contributed by atoms with Crippen LogP contribution in [-0.4, -0.2) is 9.55 Å². The van der Waals surface area contributed by atoms with E-state index < -0.39 is 5.69 Å². The van der Waals surface area contributed by atoms with Gasteiger partial charge in [-0.05, 0) is 6.92 Å². The van der Waals surface area contributed by atoms with Gasteiger partial charge in [-0.3, -0.25) is 14.3 Å². The van der Waals surface area contributed by atoms with Gasteiger partial charge in [0.15, 0.2) is 0 Å². The Kier molecular flexibility index (Phi) is 3.40. The zero-order valence-corrected chi connectivity index (χ0v) is 10.0. The van der Waals surface area contributed by atoms with Crippen LogP contribution in [-0.2, 0) is 26.5 Å². The number of aromatic nitrogens is 2. The van der Waals surface area contributed by atoms with Crippen molar-refractivity contribution in [1.82, 2.24) is 9.55 Å². The molecule has 12 heavy (non-hydrogen) atoms. The van der Waals surface area contributed by atoms with Crippen molar-refractivity contribution in [1.29, 1.82) is 0 Å². The van der Waals surface area contributed by atoms with Gasteiger partial charge in [-0.15, -0.1) is 0 Å². The second-order valence-corrected chi connectivity index (χ2v) is 2.33. The maximum atomic E-state index is 11.1. The zero-order valence-electron chi connectivity index (χ0n) is 7.05. The molecular formula is C6H9N3O2Zn. The fourth-order valence-corrected chi connectivity index (χ4v) is 0.752. The van der Waals surface area contributed by atoms with E-state index in [9.17, 15) is 9.59 Å². The zero-order chi connectivity index (χ0) is 8.59. The average Bonchev–Trinajstić information content (AvgIpc) is 1.97. The summed E-state index contributed by atoms with van der Waals surface area (Å²) in [4.78, 5) is 24.2. The minimum absolute atomic E-state index is 0. The first-order valence-corrected chi connectivity index (χ1v) is 3.09. The Morgan fingerprint density at radius 3 is 2.42 bits per heavy atom. The van der Waals surface area contributed by atoms with Gasteiger partial charge in [0.25, 0.3) is 5.56 Å². The molecule has 5 nitrogen and oxygen atoms in total. The standard InChI is InChI=1S/C6H9N3O2.Zn/c1-3-4(7)8-6(11)9(2)5(3)10;/h7H2,1-2H3,(H,8,11);. The molecule has 0 spiro atoms. The van der Waals surface area contributed by atoms with Gasteiger partial charge in [-0.25, -0.2) is 4.79 Å². The number of H-pyrrole nitrogens is 1. The normalized spacial score (nSPS) is 9.17. The molecule has 0 radical (unpaired) electrons. The number of hydrogen-bond donors (Lipinski definition) is 2. The predicted molar refractivity (Wildman–Crippen MR) is 41.5 cm³/mol. The third-order valence-corrected chi connectivity index (χ3v) is 1.58. The van der Waals surface area contributed by atoms with Crippen molar-refractivity contribution >= 4 is 5.82 Å². The molecule has 1 heterocycles. The van der Waals surface area contributed by atoms with Crippen molar-refractivity contribution in [3.05, 3.63) is 26.4 Å². The van der Waals surface area contributed by atoms with Gasteiger partial charge in [0.1, 0.15) is 5.82 Å². The summed E-state index contributed by atoms with van der Waals surface area (Å²) >= 11 is 0. The maximum absolute atomic E-state index is 11.1. The molecule has 0 amide bonds. The molecule has 0 saturated heterocycles. The Morgan fingerprint density at radius 1 is 1.42 bits per heavy atom. The Hall–Kier alpha value is -0.897. The van der Waals surface area contributed by atoms with Crippen LogP contribution < -0.4 is 17.0 Å². The van der Waals surface area contributed by atoms with Crippen LogP contribution in [0.15, 0.2) is 9.59 Å². The molecule has 0 fully saturated rings. The van der Waals surface area contributed by atoms with Gasteiger partial charge < -0.3 is 5.73 Å². The third-order valence-electron chi connectivity index (χ3n) is 1.58. The van der Waals surface area contributed by atoms with Crippen LogP contribution in [0.3, 0.4) is 0 Å². The monoisotopic (exact) mass is 219 g/mol. The number of nitrogens with one attached hydrogen (secondary N) is 1. The van der Waals surface area contributed by atoms with Gasteiger partial charge >= 0.3 is 5.69 Å². The van der Waals surface area contributed by atoms with Crippen molar-refractivity contribution in [2.75, 3.05) is 5.73 Å². The number of nitrogen functional groups attached to an aromatic ring is 1. The van der Waals surface area contributed by atoms with E-state index in [2.05, 4.69) is 4.98 Å². The number of aromatic amines is 1. The Morgan fingerprint density at radius 2 is 1.92 bits per heavy atom. The number of nitrogens with two attached hydrogens (primary N) is 1. The second-order valence-electron chi connectivity index (χ2n) is 2.33. The Bertz CT molecular complexity index is 393. The summed E-state index contributed by atoms with van der Waals surface area (Å²) < 4.78 is 0.978. The summed E-state index contributed by atoms with van der Waals surface area (Å²) in [5, 5.41) is 0. The smallest absolute Gasteiger partial charge is 0.329 e. The number of hydrogen-bond acceptors (Lipinski definition) is 3. The molecule has 0 aromatic carbocycles. The topological polar surface area (TPSA) is 80.9 Å². The molecule has 0 saturated carbocycles. The van der Waals surface area contributed by atoms with Crippen LogP contribution in [0.25, 0.3) is 0 Å². The molecule has 1 aromatic heterocycles. The third kappa shape index (κ3) is 1.64. The van der Waals surface area contributed by atoms with E-state index in [1.165, 1.54) is 7.05 Å². The van der Waals surface area contributed by atoms with Crippen molar-refractivity contribution in [2.24, 2.45) is 7.05 Å². The van der Waals surface area contributed by atoms with Crippen LogP contribution in [0.1, 0.15) is 5.56 Å². The second kappa shape index (κ2) is 3.67. The molecule has 0 aliphatic carbocycles. The van der Waals surface area contributed by atoms with Crippen molar-refractivity contribution < 1.29 is 19.5 Å². The minimum atomic E-state index is -0.488. The van der Waals surface area contributed by atoms with Crippen molar-refractivity contribution in [2.45, 2.75) is 6.92 Å². The molecule has 62 valence electrons. The van der Waals surface area contributed by atoms with E-state index >= 15 is 0 Å². The fraction of sp³-hybridized carbons (Fsp3) is 0.333. The first kappa shape index (κ1) is 11.1. The van der Waals surface area contributed by atoms with E-state index in [1.54, 1.807) is 6.92 Å². The quantitative estimate of drug-likeness (QED) is 0.548. The average molecular weight is 221 g/mol. The molecular weight excluding hydrogens is 211 g/mol. The van der Waals surface area contributed by atoms with E-state index in [0.717, 1.165) is 4.57 Å². The first-order valence-electron chi connectivity index (χ1n) is 3.09. The SMILES string of the molecule is Cc1c(N)[nH]c(=O)n(C)c1=O.[Zn]. The summed E-state index contributed by atoms with van der Waals surface area (Å²) in [6, 6.07) is 0. The molecule has 3 N–H and O–H groups in total. The number of nitrogens with zero attached hydrogens (tertiary/aromatic N) is 1. The summed E-state index contributed by atoms with van der Waals surface area (Å²) in [6.07, 6.45) is 0. The molecule has 1 aromatic rings. The van der Waals surface area contributed by atoms with Crippen LogP contribution in [0.4, 0.5) is 5.82 Å². The molecule has 0 unspecified atom stereocenters. The van der Waals surface area contributed by atoms with E-state index in [4.69, 9.17) is 5.73 Å². The van der Waals surface area contributed by atoms with Crippen LogP contribution in [0.2, 0.25) is 0 Å². The number of anilines is 1. The fourth-order valence-electron chi connectivity index (χ4n) is 0.752. The van der Waals surface area contributed by atoms with Crippen LogP contribution in [0, 0.1) is 6.92 Å². The van der Waals surface area contributed by atoms with Crippen molar-refractivity contribution in [3.63, 3.8) is 0 Å². The Labute approximate surface area is 81.4 Å². The summed E-state index contributed by atoms with van der Waals surface area (Å²) in [5.74, 6) is 0.137. The molecule has 0 aliphatic rings. The van der Waals surface area contributed by atoms with Gasteiger partial charge in [0, 0.05) is 26.5 Å². The molecule has 0 atom stereocenters. The van der Waals surface area contributed by atoms with Crippen molar-refractivity contribution in [3.8, 4) is 0 Å². The van der Waals surface area contributed by atoms with Gasteiger partial charge in [0.05, 0.1) is 5.56 Å². The molecule has 0 bridgehead atoms. The van der Waals surface area contributed by atoms with Crippen LogP contribution >= 0.6 is 0 Å². The molecule has 1 rings (SSSR count). The molecule has 6 heteroatoms. The Balaban J connectivity index is 0.00000121.